The van der Waals surface area contributed by atoms with E-state index in [1.165, 1.54) is 0 Å². The fraction of sp³-hybridized carbons (Fsp3) is 0.684. The number of rotatable bonds is 18. The molecule has 0 bridgehead atoms. The van der Waals surface area contributed by atoms with Crippen LogP contribution in [0.3, 0.4) is 0 Å². The van der Waals surface area contributed by atoms with Crippen LogP contribution in [-0.4, -0.2) is 88.8 Å². The molecule has 3 amide bonds. The number of nitrogens with zero attached hydrogens (tertiary/aromatic N) is 1. The van der Waals surface area contributed by atoms with Crippen molar-refractivity contribution in [3.8, 4) is 0 Å². The van der Waals surface area contributed by atoms with Crippen molar-refractivity contribution < 1.29 is 34.2 Å². The molecule has 4 unspecified atom stereocenters. The van der Waals surface area contributed by atoms with E-state index < -0.39 is 60.2 Å². The number of carboxylic acid groups (broad SMARTS) is 2. The smallest absolute Gasteiger partial charge is 0.326 e. The van der Waals surface area contributed by atoms with E-state index in [9.17, 15) is 29.1 Å². The molecule has 13 N–H and O–H groups in total. The highest BCUT2D eigenvalue weighted by Gasteiger charge is 2.31. The van der Waals surface area contributed by atoms with Gasteiger partial charge in [-0.3, -0.25) is 24.2 Å². The lowest BCUT2D eigenvalue weighted by atomic mass is 10.1. The van der Waals surface area contributed by atoms with Crippen LogP contribution in [0.5, 0.6) is 0 Å². The molecule has 0 saturated carbocycles. The predicted octanol–water partition coefficient (Wildman–Crippen LogP) is -3.56. The molecular formula is C19H36N8O7S. The van der Waals surface area contributed by atoms with Crippen LogP contribution in [0, 0.1) is 0 Å². The molecule has 0 aromatic rings. The topological polar surface area (TPSA) is 278 Å². The number of carbonyl (C=O) groups is 5. The number of aliphatic imine (C=N–C) groups is 1. The van der Waals surface area contributed by atoms with Crippen molar-refractivity contribution in [2.24, 2.45) is 27.9 Å². The van der Waals surface area contributed by atoms with Gasteiger partial charge in [0.1, 0.15) is 18.1 Å². The molecule has 0 aliphatic rings. The van der Waals surface area contributed by atoms with Crippen LogP contribution in [0.4, 0.5) is 0 Å². The van der Waals surface area contributed by atoms with E-state index in [1.54, 1.807) is 0 Å². The van der Waals surface area contributed by atoms with Crippen LogP contribution in [0.25, 0.3) is 0 Å². The molecule has 4 atom stereocenters. The lowest BCUT2D eigenvalue weighted by Crippen LogP contribution is -2.57. The van der Waals surface area contributed by atoms with E-state index >= 15 is 0 Å². The molecule has 0 radical (unpaired) electrons. The zero-order valence-electron chi connectivity index (χ0n) is 19.3. The van der Waals surface area contributed by atoms with Gasteiger partial charge >= 0.3 is 11.9 Å². The lowest BCUT2D eigenvalue weighted by Gasteiger charge is -2.24. The van der Waals surface area contributed by atoms with Crippen molar-refractivity contribution in [2.75, 3.05) is 18.8 Å². The maximum absolute atomic E-state index is 12.8. The third-order valence-electron chi connectivity index (χ3n) is 4.68. The summed E-state index contributed by atoms with van der Waals surface area (Å²) in [6.45, 7) is 0.480. The Kier molecular flexibility index (Phi) is 15.8. The average molecular weight is 521 g/mol. The molecule has 0 heterocycles. The van der Waals surface area contributed by atoms with Crippen molar-refractivity contribution >= 4 is 48.2 Å². The van der Waals surface area contributed by atoms with E-state index in [0.29, 0.717) is 19.4 Å². The second-order valence-corrected chi connectivity index (χ2v) is 8.01. The number of nitrogens with one attached hydrogen (secondary N) is 3. The zero-order chi connectivity index (χ0) is 27.0. The Balaban J connectivity index is 5.46. The van der Waals surface area contributed by atoms with Gasteiger partial charge in [-0.1, -0.05) is 0 Å². The van der Waals surface area contributed by atoms with Crippen molar-refractivity contribution in [3.63, 3.8) is 0 Å². The third-order valence-corrected chi connectivity index (χ3v) is 5.08. The summed E-state index contributed by atoms with van der Waals surface area (Å²) in [6, 6.07) is -5.10. The number of amides is 3. The highest BCUT2D eigenvalue weighted by Crippen LogP contribution is 2.06. The highest BCUT2D eigenvalue weighted by molar-refractivity contribution is 7.80. The molecule has 0 saturated heterocycles. The van der Waals surface area contributed by atoms with E-state index in [-0.39, 0.29) is 37.5 Å². The van der Waals surface area contributed by atoms with Gasteiger partial charge in [0.15, 0.2) is 5.96 Å². The summed E-state index contributed by atoms with van der Waals surface area (Å²) < 4.78 is 0. The lowest BCUT2D eigenvalue weighted by molar-refractivity contribution is -0.143. The van der Waals surface area contributed by atoms with Gasteiger partial charge in [0.2, 0.25) is 17.7 Å². The molecule has 0 aliphatic heterocycles. The van der Waals surface area contributed by atoms with Crippen molar-refractivity contribution in [2.45, 2.75) is 62.7 Å². The monoisotopic (exact) mass is 520 g/mol. The van der Waals surface area contributed by atoms with Gasteiger partial charge < -0.3 is 49.1 Å². The maximum atomic E-state index is 12.8. The minimum Gasteiger partial charge on any atom is -0.481 e. The number of aliphatic carboxylic acids is 2. The van der Waals surface area contributed by atoms with Crippen molar-refractivity contribution in [1.82, 2.24) is 16.0 Å². The molecule has 0 aliphatic carbocycles. The predicted molar refractivity (Wildman–Crippen MR) is 130 cm³/mol. The molecular weight excluding hydrogens is 484 g/mol. The molecule has 0 aromatic carbocycles. The van der Waals surface area contributed by atoms with Gasteiger partial charge in [0, 0.05) is 12.3 Å². The van der Waals surface area contributed by atoms with Crippen LogP contribution in [-0.2, 0) is 24.0 Å². The van der Waals surface area contributed by atoms with Crippen LogP contribution in [0.15, 0.2) is 4.99 Å². The van der Waals surface area contributed by atoms with E-state index in [0.717, 1.165) is 0 Å². The zero-order valence-corrected chi connectivity index (χ0v) is 20.2. The quantitative estimate of drug-likeness (QED) is 0.0365. The van der Waals surface area contributed by atoms with Gasteiger partial charge in [0.05, 0.1) is 12.5 Å². The van der Waals surface area contributed by atoms with Gasteiger partial charge in [-0.15, -0.1) is 0 Å². The fourth-order valence-electron chi connectivity index (χ4n) is 2.81. The molecule has 0 aromatic heterocycles. The fourth-order valence-corrected chi connectivity index (χ4v) is 2.98. The minimum atomic E-state index is -1.52. The van der Waals surface area contributed by atoms with Crippen LogP contribution in [0.2, 0.25) is 0 Å². The van der Waals surface area contributed by atoms with E-state index in [1.807, 2.05) is 0 Å². The van der Waals surface area contributed by atoms with Crippen LogP contribution < -0.4 is 38.9 Å². The first-order valence-corrected chi connectivity index (χ1v) is 11.5. The van der Waals surface area contributed by atoms with Crippen LogP contribution >= 0.6 is 12.6 Å². The summed E-state index contributed by atoms with van der Waals surface area (Å²) in [5.41, 5.74) is 21.5. The maximum Gasteiger partial charge on any atom is 0.326 e. The second-order valence-electron chi connectivity index (χ2n) is 7.64. The first-order valence-electron chi connectivity index (χ1n) is 10.9. The molecule has 35 heavy (non-hydrogen) atoms. The number of unbranched alkanes of at least 4 members (excludes halogenated alkanes) is 1. The summed E-state index contributed by atoms with van der Waals surface area (Å²) >= 11 is 3.88. The third kappa shape index (κ3) is 14.0. The molecule has 0 fully saturated rings. The summed E-state index contributed by atoms with van der Waals surface area (Å²) in [5, 5.41) is 25.5. The van der Waals surface area contributed by atoms with E-state index in [2.05, 4.69) is 33.6 Å². The Morgan fingerprint density at radius 1 is 0.829 bits per heavy atom. The van der Waals surface area contributed by atoms with Crippen molar-refractivity contribution in [1.29, 1.82) is 0 Å². The van der Waals surface area contributed by atoms with Gasteiger partial charge in [0.25, 0.3) is 0 Å². The first-order chi connectivity index (χ1) is 16.4. The standard InChI is InChI=1S/C19H36N8O7S/c20-6-2-1-4-11(16(31)26-12(18(33)34)5-3-7-24-19(22)23)25-17(32)13(8-14(28)29)27-15(30)10(21)9-35/h10-13,35H,1-9,20-21H2,(H,25,32)(H,26,31)(H,27,30)(H,28,29)(H,33,34)(H4,22,23,24). The molecule has 0 spiro atoms. The number of guanidine groups is 1. The van der Waals surface area contributed by atoms with Crippen LogP contribution in [0.1, 0.15) is 38.5 Å². The van der Waals surface area contributed by atoms with E-state index in [4.69, 9.17) is 28.0 Å². The molecule has 200 valence electrons. The first kappa shape index (κ1) is 31.9. The highest BCUT2D eigenvalue weighted by atomic mass is 32.1. The second kappa shape index (κ2) is 17.3. The van der Waals surface area contributed by atoms with Gasteiger partial charge in [-0.25, -0.2) is 4.79 Å². The van der Waals surface area contributed by atoms with Gasteiger partial charge in [-0.05, 0) is 38.6 Å². The summed E-state index contributed by atoms with van der Waals surface area (Å²) in [4.78, 5) is 64.1. The number of hydrogen-bond donors (Lipinski definition) is 10. The molecule has 16 heteroatoms. The molecule has 15 nitrogen and oxygen atoms in total. The summed E-state index contributed by atoms with van der Waals surface area (Å²) in [7, 11) is 0. The Hall–Kier alpha value is -3.11. The Labute approximate surface area is 208 Å². The molecule has 0 rings (SSSR count). The Morgan fingerprint density at radius 2 is 1.37 bits per heavy atom. The Bertz CT molecular complexity index is 763. The van der Waals surface area contributed by atoms with Gasteiger partial charge in [-0.2, -0.15) is 12.6 Å². The largest absolute Gasteiger partial charge is 0.481 e. The summed E-state index contributed by atoms with van der Waals surface area (Å²) in [5.74, 6) is -5.40. The summed E-state index contributed by atoms with van der Waals surface area (Å²) in [6.07, 6.45) is 0.540. The number of carbonyl (C=O) groups excluding carboxylic acids is 3. The Morgan fingerprint density at radius 3 is 1.89 bits per heavy atom. The SMILES string of the molecule is NCCCCC(NC(=O)C(CC(=O)O)NC(=O)C(N)CS)C(=O)NC(CCCN=C(N)N)C(=O)O. The average Bonchev–Trinajstić information content (AvgIpc) is 2.78. The normalized spacial score (nSPS) is 14.0. The minimum absolute atomic E-state index is 0.0145. The number of nitrogens with two attached hydrogens (primary N) is 4. The van der Waals surface area contributed by atoms with Crippen molar-refractivity contribution in [3.05, 3.63) is 0 Å². The number of hydrogen-bond acceptors (Lipinski definition) is 9. The number of carboxylic acids is 2. The number of thiol groups is 1.